The van der Waals surface area contributed by atoms with E-state index in [1.165, 1.54) is 10.9 Å². The number of rotatable bonds is 4. The molecule has 94 valence electrons. The minimum absolute atomic E-state index is 0.0679. The molecule has 1 aromatic heterocycles. The number of amides is 1. The lowest BCUT2D eigenvalue weighted by Crippen LogP contribution is -2.30. The van der Waals surface area contributed by atoms with Gasteiger partial charge in [0.25, 0.3) is 0 Å². The number of carbonyl (C=O) groups excluding carboxylic acids is 1. The van der Waals surface area contributed by atoms with Crippen molar-refractivity contribution in [3.8, 4) is 0 Å². The largest absolute Gasteiger partial charge is 0.399 e. The fraction of sp³-hybridized carbons (Fsp3) is 0.250. The number of nitrogens with zero attached hydrogens (tertiary/aromatic N) is 3. The van der Waals surface area contributed by atoms with E-state index in [1.54, 1.807) is 6.20 Å². The van der Waals surface area contributed by atoms with E-state index in [4.69, 9.17) is 5.73 Å². The van der Waals surface area contributed by atoms with Crippen molar-refractivity contribution >= 4 is 11.6 Å². The highest BCUT2D eigenvalue weighted by Gasteiger charge is 2.09. The van der Waals surface area contributed by atoms with Crippen molar-refractivity contribution in [2.75, 3.05) is 5.73 Å². The van der Waals surface area contributed by atoms with Crippen LogP contribution in [0.4, 0.5) is 5.69 Å². The molecule has 0 spiro atoms. The van der Waals surface area contributed by atoms with Gasteiger partial charge in [-0.25, -0.2) is 4.68 Å². The lowest BCUT2D eigenvalue weighted by atomic mass is 10.1. The molecule has 6 heteroatoms. The zero-order chi connectivity index (χ0) is 13.0. The maximum Gasteiger partial charge on any atom is 0.242 e. The molecule has 0 saturated heterocycles. The van der Waals surface area contributed by atoms with Gasteiger partial charge >= 0.3 is 0 Å². The number of nitrogen functional groups attached to an aromatic ring is 1. The van der Waals surface area contributed by atoms with Crippen LogP contribution in [0.2, 0.25) is 0 Å². The summed E-state index contributed by atoms with van der Waals surface area (Å²) in [5.74, 6) is -0.107. The van der Waals surface area contributed by atoms with Crippen LogP contribution < -0.4 is 11.1 Å². The van der Waals surface area contributed by atoms with Crippen LogP contribution in [0.1, 0.15) is 18.5 Å². The van der Waals surface area contributed by atoms with Crippen molar-refractivity contribution in [2.24, 2.45) is 0 Å². The maximum atomic E-state index is 11.7. The van der Waals surface area contributed by atoms with E-state index in [0.29, 0.717) is 5.69 Å². The lowest BCUT2D eigenvalue weighted by Gasteiger charge is -2.14. The summed E-state index contributed by atoms with van der Waals surface area (Å²) >= 11 is 0. The van der Waals surface area contributed by atoms with Crippen LogP contribution in [0.15, 0.2) is 36.7 Å². The summed E-state index contributed by atoms with van der Waals surface area (Å²) in [5, 5.41) is 10.3. The summed E-state index contributed by atoms with van der Waals surface area (Å²) in [6.07, 6.45) is 3.18. The second-order valence-electron chi connectivity index (χ2n) is 4.06. The molecule has 2 aromatic rings. The number of nitrogens with one attached hydrogen (secondary N) is 1. The van der Waals surface area contributed by atoms with Gasteiger partial charge in [-0.2, -0.15) is 0 Å². The first-order valence-electron chi connectivity index (χ1n) is 5.64. The predicted octanol–water partition coefficient (Wildman–Crippen LogP) is 0.738. The van der Waals surface area contributed by atoms with Gasteiger partial charge in [0.05, 0.1) is 12.2 Å². The molecule has 1 unspecified atom stereocenters. The van der Waals surface area contributed by atoms with E-state index in [-0.39, 0.29) is 18.5 Å². The molecule has 0 fully saturated rings. The van der Waals surface area contributed by atoms with E-state index in [2.05, 4.69) is 15.6 Å². The highest BCUT2D eigenvalue weighted by Crippen LogP contribution is 2.13. The van der Waals surface area contributed by atoms with E-state index in [1.807, 2.05) is 31.2 Å². The number of benzene rings is 1. The van der Waals surface area contributed by atoms with Crippen LogP contribution in [0.5, 0.6) is 0 Å². The van der Waals surface area contributed by atoms with Gasteiger partial charge in [-0.05, 0) is 24.6 Å². The highest BCUT2D eigenvalue weighted by atomic mass is 16.2. The Kier molecular flexibility index (Phi) is 3.57. The van der Waals surface area contributed by atoms with E-state index < -0.39 is 0 Å². The van der Waals surface area contributed by atoms with Crippen molar-refractivity contribution in [1.29, 1.82) is 0 Å². The van der Waals surface area contributed by atoms with Crippen LogP contribution in [0.3, 0.4) is 0 Å². The van der Waals surface area contributed by atoms with Gasteiger partial charge in [0.15, 0.2) is 0 Å². The quantitative estimate of drug-likeness (QED) is 0.778. The van der Waals surface area contributed by atoms with Gasteiger partial charge in [-0.15, -0.1) is 5.10 Å². The van der Waals surface area contributed by atoms with Gasteiger partial charge < -0.3 is 11.1 Å². The van der Waals surface area contributed by atoms with Crippen LogP contribution in [-0.2, 0) is 11.3 Å². The predicted molar refractivity (Wildman–Crippen MR) is 67.4 cm³/mol. The van der Waals surface area contributed by atoms with Crippen molar-refractivity contribution in [1.82, 2.24) is 20.3 Å². The normalized spacial score (nSPS) is 12.1. The summed E-state index contributed by atoms with van der Waals surface area (Å²) in [4.78, 5) is 11.7. The number of hydrogen-bond donors (Lipinski definition) is 2. The Morgan fingerprint density at radius 3 is 2.78 bits per heavy atom. The fourth-order valence-electron chi connectivity index (χ4n) is 1.62. The van der Waals surface area contributed by atoms with Crippen LogP contribution >= 0.6 is 0 Å². The third kappa shape index (κ3) is 3.07. The minimum Gasteiger partial charge on any atom is -0.399 e. The molecule has 3 N–H and O–H groups in total. The monoisotopic (exact) mass is 245 g/mol. The van der Waals surface area contributed by atoms with Gasteiger partial charge in [-0.3, -0.25) is 4.79 Å². The van der Waals surface area contributed by atoms with Crippen molar-refractivity contribution in [2.45, 2.75) is 19.5 Å². The number of carbonyl (C=O) groups is 1. The second-order valence-corrected chi connectivity index (χ2v) is 4.06. The summed E-state index contributed by atoms with van der Waals surface area (Å²) in [5.41, 5.74) is 7.33. The van der Waals surface area contributed by atoms with Crippen LogP contribution in [0, 0.1) is 0 Å². The molecule has 18 heavy (non-hydrogen) atoms. The molecule has 0 radical (unpaired) electrons. The smallest absolute Gasteiger partial charge is 0.242 e. The van der Waals surface area contributed by atoms with E-state index in [0.717, 1.165) is 5.56 Å². The molecule has 1 amide bonds. The van der Waals surface area contributed by atoms with Crippen molar-refractivity contribution in [3.63, 3.8) is 0 Å². The molecule has 2 rings (SSSR count). The Bertz CT molecular complexity index is 506. The zero-order valence-electron chi connectivity index (χ0n) is 10.1. The number of aromatic nitrogens is 3. The molecule has 1 aromatic carbocycles. The molecule has 1 atom stereocenters. The van der Waals surface area contributed by atoms with Crippen LogP contribution in [0.25, 0.3) is 0 Å². The molecule has 0 aliphatic carbocycles. The molecule has 0 bridgehead atoms. The third-order valence-corrected chi connectivity index (χ3v) is 2.59. The zero-order valence-corrected chi connectivity index (χ0v) is 10.1. The van der Waals surface area contributed by atoms with Gasteiger partial charge in [0.1, 0.15) is 6.54 Å². The average molecular weight is 245 g/mol. The molecule has 6 nitrogen and oxygen atoms in total. The summed E-state index contributed by atoms with van der Waals surface area (Å²) in [7, 11) is 0. The van der Waals surface area contributed by atoms with E-state index in [9.17, 15) is 4.79 Å². The van der Waals surface area contributed by atoms with Gasteiger partial charge in [0.2, 0.25) is 5.91 Å². The molecule has 1 heterocycles. The molecular formula is C12H15N5O. The average Bonchev–Trinajstić information content (AvgIpc) is 2.82. The van der Waals surface area contributed by atoms with Gasteiger partial charge in [-0.1, -0.05) is 17.3 Å². The standard InChI is InChI=1S/C12H15N5O/c1-9(10-2-4-11(13)5-3-10)15-12(18)8-17-7-6-14-16-17/h2-7,9H,8,13H2,1H3,(H,15,18). The molecule has 0 aliphatic rings. The number of anilines is 1. The Hall–Kier alpha value is -2.37. The number of nitrogens with two attached hydrogens (primary N) is 1. The van der Waals surface area contributed by atoms with E-state index >= 15 is 0 Å². The maximum absolute atomic E-state index is 11.7. The number of hydrogen-bond acceptors (Lipinski definition) is 4. The molecule has 0 saturated carbocycles. The molecule has 0 aliphatic heterocycles. The molecular weight excluding hydrogens is 230 g/mol. The summed E-state index contributed by atoms with van der Waals surface area (Å²) in [6.45, 7) is 2.09. The minimum atomic E-state index is -0.107. The fourth-order valence-corrected chi connectivity index (χ4v) is 1.62. The Labute approximate surface area is 105 Å². The lowest BCUT2D eigenvalue weighted by molar-refractivity contribution is -0.122. The first kappa shape index (κ1) is 12.1. The first-order chi connectivity index (χ1) is 8.65. The Morgan fingerprint density at radius 2 is 2.17 bits per heavy atom. The van der Waals surface area contributed by atoms with Crippen LogP contribution in [-0.4, -0.2) is 20.9 Å². The second kappa shape index (κ2) is 5.31. The van der Waals surface area contributed by atoms with Crippen molar-refractivity contribution in [3.05, 3.63) is 42.2 Å². The summed E-state index contributed by atoms with van der Waals surface area (Å²) in [6, 6.07) is 7.36. The third-order valence-electron chi connectivity index (χ3n) is 2.59. The Morgan fingerprint density at radius 1 is 1.44 bits per heavy atom. The Balaban J connectivity index is 1.92. The SMILES string of the molecule is CC(NC(=O)Cn1ccnn1)c1ccc(N)cc1. The van der Waals surface area contributed by atoms with Crippen molar-refractivity contribution < 1.29 is 4.79 Å². The topological polar surface area (TPSA) is 85.8 Å². The highest BCUT2D eigenvalue weighted by molar-refractivity contribution is 5.76. The first-order valence-corrected chi connectivity index (χ1v) is 5.64. The van der Waals surface area contributed by atoms with Gasteiger partial charge in [0, 0.05) is 11.9 Å². The summed E-state index contributed by atoms with van der Waals surface area (Å²) < 4.78 is 1.48.